The van der Waals surface area contributed by atoms with Crippen molar-refractivity contribution >= 4 is 16.7 Å². The van der Waals surface area contributed by atoms with Crippen molar-refractivity contribution in [2.24, 2.45) is 0 Å². The number of nitro benzene ring substituents is 1. The Kier molecular flexibility index (Phi) is 3.10. The summed E-state index contributed by atoms with van der Waals surface area (Å²) in [4.78, 5) is 22.3. The lowest BCUT2D eigenvalue weighted by Gasteiger charge is -2.06. The van der Waals surface area contributed by atoms with Gasteiger partial charge in [-0.1, -0.05) is 12.1 Å². The number of nitrogens with zero attached hydrogens (tertiary/aromatic N) is 1. The number of halogens is 1. The number of nitro groups is 1. The Hall–Kier alpha value is -3.22. The maximum Gasteiger partial charge on any atom is 0.270 e. The van der Waals surface area contributed by atoms with E-state index in [2.05, 4.69) is 0 Å². The molecule has 22 heavy (non-hydrogen) atoms. The highest BCUT2D eigenvalue weighted by Crippen LogP contribution is 2.31. The van der Waals surface area contributed by atoms with Gasteiger partial charge < -0.3 is 9.52 Å². The molecule has 0 bridgehead atoms. The van der Waals surface area contributed by atoms with E-state index in [1.165, 1.54) is 30.3 Å². The Labute approximate surface area is 122 Å². The average molecular weight is 301 g/mol. The van der Waals surface area contributed by atoms with Crippen LogP contribution in [0.15, 0.2) is 51.7 Å². The SMILES string of the molecule is O=c1c(O)c(-c2cccc([N+](=O)[O-])c2)oc2ccc(F)cc12. The number of fused-ring (bicyclic) bond motifs is 1. The molecule has 1 heterocycles. The average Bonchev–Trinajstić information content (AvgIpc) is 2.51. The van der Waals surface area contributed by atoms with Crippen molar-refractivity contribution in [2.45, 2.75) is 0 Å². The van der Waals surface area contributed by atoms with E-state index in [1.54, 1.807) is 0 Å². The van der Waals surface area contributed by atoms with Gasteiger partial charge >= 0.3 is 0 Å². The quantitative estimate of drug-likeness (QED) is 0.579. The van der Waals surface area contributed by atoms with Gasteiger partial charge in [0.15, 0.2) is 5.76 Å². The van der Waals surface area contributed by atoms with Crippen LogP contribution in [-0.4, -0.2) is 10.0 Å². The summed E-state index contributed by atoms with van der Waals surface area (Å²) in [6.07, 6.45) is 0. The van der Waals surface area contributed by atoms with Crippen LogP contribution < -0.4 is 5.43 Å². The zero-order chi connectivity index (χ0) is 15.9. The lowest BCUT2D eigenvalue weighted by molar-refractivity contribution is -0.384. The number of hydrogen-bond acceptors (Lipinski definition) is 5. The molecule has 1 aromatic heterocycles. The topological polar surface area (TPSA) is 93.6 Å². The Morgan fingerprint density at radius 1 is 1.18 bits per heavy atom. The van der Waals surface area contributed by atoms with Crippen molar-refractivity contribution in [3.05, 3.63) is 68.6 Å². The molecule has 0 saturated heterocycles. The fraction of sp³-hybridized carbons (Fsp3) is 0. The fourth-order valence-electron chi connectivity index (χ4n) is 2.11. The molecule has 1 N–H and O–H groups in total. The predicted octanol–water partition coefficient (Wildman–Crippen LogP) is 3.21. The lowest BCUT2D eigenvalue weighted by atomic mass is 10.1. The molecule has 3 aromatic rings. The molecular formula is C15H8FNO5. The summed E-state index contributed by atoms with van der Waals surface area (Å²) in [5.41, 5.74) is -0.762. The summed E-state index contributed by atoms with van der Waals surface area (Å²) in [6.45, 7) is 0. The number of rotatable bonds is 2. The molecule has 0 fully saturated rings. The van der Waals surface area contributed by atoms with Crippen LogP contribution in [0.1, 0.15) is 0 Å². The van der Waals surface area contributed by atoms with Gasteiger partial charge in [-0.2, -0.15) is 0 Å². The summed E-state index contributed by atoms with van der Waals surface area (Å²) in [5, 5.41) is 20.7. The van der Waals surface area contributed by atoms with Gasteiger partial charge in [0.2, 0.25) is 11.2 Å². The van der Waals surface area contributed by atoms with Gasteiger partial charge in [0.05, 0.1) is 10.3 Å². The molecule has 0 spiro atoms. The second-order valence-electron chi connectivity index (χ2n) is 4.56. The van der Waals surface area contributed by atoms with Crippen molar-refractivity contribution in [1.29, 1.82) is 0 Å². The Morgan fingerprint density at radius 2 is 1.95 bits per heavy atom. The van der Waals surface area contributed by atoms with Gasteiger partial charge in [-0.3, -0.25) is 14.9 Å². The molecule has 3 rings (SSSR count). The van der Waals surface area contributed by atoms with Crippen LogP contribution in [-0.2, 0) is 0 Å². The Bertz CT molecular complexity index is 964. The van der Waals surface area contributed by atoms with E-state index in [0.29, 0.717) is 0 Å². The smallest absolute Gasteiger partial charge is 0.270 e. The van der Waals surface area contributed by atoms with E-state index in [-0.39, 0.29) is 28.0 Å². The van der Waals surface area contributed by atoms with Crippen molar-refractivity contribution in [3.8, 4) is 17.1 Å². The normalized spacial score (nSPS) is 10.8. The molecule has 6 nitrogen and oxygen atoms in total. The minimum atomic E-state index is -0.803. The highest BCUT2D eigenvalue weighted by Gasteiger charge is 2.17. The van der Waals surface area contributed by atoms with E-state index in [9.17, 15) is 24.4 Å². The van der Waals surface area contributed by atoms with Gasteiger partial charge in [-0.15, -0.1) is 0 Å². The van der Waals surface area contributed by atoms with E-state index in [1.807, 2.05) is 0 Å². The van der Waals surface area contributed by atoms with Gasteiger partial charge in [0.25, 0.3) is 5.69 Å². The van der Waals surface area contributed by atoms with Crippen LogP contribution in [0.4, 0.5) is 10.1 Å². The van der Waals surface area contributed by atoms with Crippen molar-refractivity contribution in [3.63, 3.8) is 0 Å². The highest BCUT2D eigenvalue weighted by atomic mass is 19.1. The van der Waals surface area contributed by atoms with Crippen LogP contribution in [0.3, 0.4) is 0 Å². The Morgan fingerprint density at radius 3 is 2.68 bits per heavy atom. The molecule has 0 radical (unpaired) electrons. The third kappa shape index (κ3) is 2.18. The predicted molar refractivity (Wildman–Crippen MR) is 76.2 cm³/mol. The largest absolute Gasteiger partial charge is 0.502 e. The van der Waals surface area contributed by atoms with Gasteiger partial charge in [0.1, 0.15) is 11.4 Å². The van der Waals surface area contributed by atoms with E-state index in [0.717, 1.165) is 12.1 Å². The lowest BCUT2D eigenvalue weighted by Crippen LogP contribution is -2.03. The standard InChI is InChI=1S/C15H8FNO5/c16-9-4-5-12-11(7-9)13(18)14(19)15(22-12)8-2-1-3-10(6-8)17(20)21/h1-7,19H. The first-order valence-corrected chi connectivity index (χ1v) is 6.17. The number of aromatic hydroxyl groups is 1. The second-order valence-corrected chi connectivity index (χ2v) is 4.56. The molecule has 7 heteroatoms. The maximum absolute atomic E-state index is 13.2. The molecule has 2 aromatic carbocycles. The zero-order valence-corrected chi connectivity index (χ0v) is 10.9. The first kappa shape index (κ1) is 13.7. The fourth-order valence-corrected chi connectivity index (χ4v) is 2.11. The van der Waals surface area contributed by atoms with Crippen LogP contribution in [0, 0.1) is 15.9 Å². The monoisotopic (exact) mass is 301 g/mol. The molecule has 0 amide bonds. The maximum atomic E-state index is 13.2. The molecule has 0 aliphatic rings. The van der Waals surface area contributed by atoms with E-state index < -0.39 is 21.9 Å². The molecular weight excluding hydrogens is 293 g/mol. The second kappa shape index (κ2) is 4.96. The minimum Gasteiger partial charge on any atom is -0.502 e. The van der Waals surface area contributed by atoms with Crippen molar-refractivity contribution < 1.29 is 18.8 Å². The molecule has 0 unspecified atom stereocenters. The van der Waals surface area contributed by atoms with Crippen LogP contribution >= 0.6 is 0 Å². The number of benzene rings is 2. The van der Waals surface area contributed by atoms with E-state index >= 15 is 0 Å². The molecule has 0 atom stereocenters. The number of hydrogen-bond donors (Lipinski definition) is 1. The van der Waals surface area contributed by atoms with Gasteiger partial charge in [0, 0.05) is 17.7 Å². The zero-order valence-electron chi connectivity index (χ0n) is 10.9. The summed E-state index contributed by atoms with van der Waals surface area (Å²) in [7, 11) is 0. The third-order valence-electron chi connectivity index (χ3n) is 3.15. The van der Waals surface area contributed by atoms with Crippen LogP contribution in [0.2, 0.25) is 0 Å². The molecule has 0 saturated carbocycles. The van der Waals surface area contributed by atoms with E-state index in [4.69, 9.17) is 4.42 Å². The van der Waals surface area contributed by atoms with Gasteiger partial charge in [-0.25, -0.2) is 4.39 Å². The first-order valence-electron chi connectivity index (χ1n) is 6.17. The summed E-state index contributed by atoms with van der Waals surface area (Å²) in [6, 6.07) is 8.63. The molecule has 0 aliphatic carbocycles. The summed E-state index contributed by atoms with van der Waals surface area (Å²) >= 11 is 0. The first-order chi connectivity index (χ1) is 10.5. The summed E-state index contributed by atoms with van der Waals surface area (Å²) < 4.78 is 18.6. The van der Waals surface area contributed by atoms with Crippen molar-refractivity contribution in [1.82, 2.24) is 0 Å². The molecule has 110 valence electrons. The number of non-ortho nitro benzene ring substituents is 1. The van der Waals surface area contributed by atoms with Crippen LogP contribution in [0.5, 0.6) is 5.75 Å². The van der Waals surface area contributed by atoms with Gasteiger partial charge in [-0.05, 0) is 18.2 Å². The van der Waals surface area contributed by atoms with Crippen LogP contribution in [0.25, 0.3) is 22.3 Å². The third-order valence-corrected chi connectivity index (χ3v) is 3.15. The summed E-state index contributed by atoms with van der Waals surface area (Å²) in [5.74, 6) is -1.56. The van der Waals surface area contributed by atoms with Crippen molar-refractivity contribution in [2.75, 3.05) is 0 Å². The Balaban J connectivity index is 2.30. The minimum absolute atomic E-state index is 0.0747. The highest BCUT2D eigenvalue weighted by molar-refractivity contribution is 5.82. The molecule has 0 aliphatic heterocycles.